The van der Waals surface area contributed by atoms with Crippen molar-refractivity contribution in [2.45, 2.75) is 25.9 Å². The van der Waals surface area contributed by atoms with Crippen molar-refractivity contribution in [2.24, 2.45) is 0 Å². The molecular formula is C25H26N2O. The van der Waals surface area contributed by atoms with Gasteiger partial charge < -0.3 is 10.6 Å². The average Bonchev–Trinajstić information content (AvgIpc) is 2.75. The highest BCUT2D eigenvalue weighted by Gasteiger charge is 2.12. The van der Waals surface area contributed by atoms with Crippen LogP contribution in [0.1, 0.15) is 42.6 Å². The molecule has 0 aliphatic rings. The van der Waals surface area contributed by atoms with E-state index in [9.17, 15) is 4.79 Å². The van der Waals surface area contributed by atoms with E-state index in [2.05, 4.69) is 29.7 Å². The minimum atomic E-state index is -0.122. The fourth-order valence-electron chi connectivity index (χ4n) is 3.10. The minimum absolute atomic E-state index is 0.0616. The summed E-state index contributed by atoms with van der Waals surface area (Å²) >= 11 is 0. The minimum Gasteiger partial charge on any atom is -0.378 e. The first-order valence-corrected chi connectivity index (χ1v) is 9.57. The zero-order valence-electron chi connectivity index (χ0n) is 16.3. The van der Waals surface area contributed by atoms with Crippen LogP contribution in [0.4, 0.5) is 0 Å². The second-order valence-electron chi connectivity index (χ2n) is 6.84. The van der Waals surface area contributed by atoms with Crippen LogP contribution in [0.3, 0.4) is 0 Å². The fourth-order valence-corrected chi connectivity index (χ4v) is 3.10. The summed E-state index contributed by atoms with van der Waals surface area (Å²) in [4.78, 5) is 12.7. The number of hydrogen-bond acceptors (Lipinski definition) is 2. The molecule has 3 aromatic rings. The van der Waals surface area contributed by atoms with Gasteiger partial charge >= 0.3 is 0 Å². The molecule has 0 aliphatic carbocycles. The molecule has 2 atom stereocenters. The van der Waals surface area contributed by atoms with E-state index in [4.69, 9.17) is 0 Å². The van der Waals surface area contributed by atoms with Crippen LogP contribution in [-0.4, -0.2) is 5.91 Å². The van der Waals surface area contributed by atoms with Crippen LogP contribution in [0, 0.1) is 0 Å². The number of amides is 1. The van der Waals surface area contributed by atoms with Crippen molar-refractivity contribution in [3.8, 4) is 0 Å². The topological polar surface area (TPSA) is 41.1 Å². The van der Waals surface area contributed by atoms with E-state index < -0.39 is 0 Å². The van der Waals surface area contributed by atoms with Gasteiger partial charge in [0.2, 0.25) is 5.91 Å². The highest BCUT2D eigenvalue weighted by molar-refractivity contribution is 5.95. The van der Waals surface area contributed by atoms with E-state index in [0.717, 1.165) is 16.8 Å². The summed E-state index contributed by atoms with van der Waals surface area (Å²) in [5.74, 6) is -0.122. The third kappa shape index (κ3) is 5.34. The number of carbonyl (C=O) groups excluding carboxylic acids is 1. The Labute approximate surface area is 167 Å². The Hall–Kier alpha value is -3.33. The zero-order chi connectivity index (χ0) is 19.8. The smallest absolute Gasteiger partial charge is 0.246 e. The van der Waals surface area contributed by atoms with Crippen LogP contribution in [0.5, 0.6) is 0 Å². The fraction of sp³-hybridized carbons (Fsp3) is 0.160. The molecule has 0 aromatic heterocycles. The quantitative estimate of drug-likeness (QED) is 0.557. The Bertz CT molecular complexity index is 905. The van der Waals surface area contributed by atoms with Crippen LogP contribution in [0.2, 0.25) is 0 Å². The van der Waals surface area contributed by atoms with Crippen LogP contribution < -0.4 is 10.6 Å². The van der Waals surface area contributed by atoms with Gasteiger partial charge in [0.25, 0.3) is 0 Å². The summed E-state index contributed by atoms with van der Waals surface area (Å²) in [6.07, 6.45) is 1.65. The van der Waals surface area contributed by atoms with Crippen molar-refractivity contribution in [1.82, 2.24) is 10.6 Å². The summed E-state index contributed by atoms with van der Waals surface area (Å²) in [7, 11) is 0. The Morgan fingerprint density at radius 3 is 1.61 bits per heavy atom. The van der Waals surface area contributed by atoms with Crippen LogP contribution in [-0.2, 0) is 4.79 Å². The van der Waals surface area contributed by atoms with Gasteiger partial charge in [-0.3, -0.25) is 4.79 Å². The first-order chi connectivity index (χ1) is 13.6. The highest BCUT2D eigenvalue weighted by atomic mass is 16.1. The molecule has 0 spiro atoms. The third-order valence-electron chi connectivity index (χ3n) is 4.69. The molecule has 28 heavy (non-hydrogen) atoms. The lowest BCUT2D eigenvalue weighted by atomic mass is 10.1. The number of carbonyl (C=O) groups is 1. The average molecular weight is 370 g/mol. The van der Waals surface area contributed by atoms with Crippen molar-refractivity contribution in [3.05, 3.63) is 114 Å². The van der Waals surface area contributed by atoms with Gasteiger partial charge in [-0.25, -0.2) is 0 Å². The molecule has 1 amide bonds. The van der Waals surface area contributed by atoms with E-state index in [0.29, 0.717) is 0 Å². The summed E-state index contributed by atoms with van der Waals surface area (Å²) in [5, 5.41) is 6.55. The normalized spacial score (nSPS) is 13.4. The number of nitrogens with one attached hydrogen (secondary N) is 2. The summed E-state index contributed by atoms with van der Waals surface area (Å²) in [6.45, 7) is 4.08. The van der Waals surface area contributed by atoms with Gasteiger partial charge in [0, 0.05) is 17.8 Å². The SMILES string of the molecule is C[C@H](N/C(=C/C(=O)N[C@H](C)c1ccccc1)c1ccccc1)c1ccccc1. The predicted molar refractivity (Wildman–Crippen MR) is 115 cm³/mol. The van der Waals surface area contributed by atoms with Crippen molar-refractivity contribution in [1.29, 1.82) is 0 Å². The van der Waals surface area contributed by atoms with E-state index >= 15 is 0 Å². The van der Waals surface area contributed by atoms with Gasteiger partial charge in [-0.05, 0) is 30.5 Å². The van der Waals surface area contributed by atoms with Gasteiger partial charge in [0.1, 0.15) is 0 Å². The molecule has 0 bridgehead atoms. The first kappa shape index (κ1) is 19.4. The Morgan fingerprint density at radius 2 is 1.11 bits per heavy atom. The molecule has 142 valence electrons. The molecule has 0 aliphatic heterocycles. The highest BCUT2D eigenvalue weighted by Crippen LogP contribution is 2.19. The molecule has 3 aromatic carbocycles. The number of rotatable bonds is 7. The van der Waals surface area contributed by atoms with Gasteiger partial charge in [-0.1, -0.05) is 91.0 Å². The lowest BCUT2D eigenvalue weighted by molar-refractivity contribution is -0.117. The summed E-state index contributed by atoms with van der Waals surface area (Å²) < 4.78 is 0. The monoisotopic (exact) mass is 370 g/mol. The largest absolute Gasteiger partial charge is 0.378 e. The van der Waals surface area contributed by atoms with Crippen molar-refractivity contribution in [3.63, 3.8) is 0 Å². The molecule has 2 N–H and O–H groups in total. The summed E-state index contributed by atoms with van der Waals surface area (Å²) in [6, 6.07) is 30.1. The molecule has 0 fully saturated rings. The van der Waals surface area contributed by atoms with Gasteiger partial charge in [-0.15, -0.1) is 0 Å². The molecule has 0 saturated heterocycles. The second-order valence-corrected chi connectivity index (χ2v) is 6.84. The molecule has 0 heterocycles. The Morgan fingerprint density at radius 1 is 0.679 bits per heavy atom. The van der Waals surface area contributed by atoms with E-state index in [1.807, 2.05) is 85.8 Å². The predicted octanol–water partition coefficient (Wildman–Crippen LogP) is 5.26. The first-order valence-electron chi connectivity index (χ1n) is 9.57. The second kappa shape index (κ2) is 9.56. The van der Waals surface area contributed by atoms with E-state index in [1.54, 1.807) is 6.08 Å². The molecule has 3 nitrogen and oxygen atoms in total. The summed E-state index contributed by atoms with van der Waals surface area (Å²) in [5.41, 5.74) is 4.03. The van der Waals surface area contributed by atoms with Crippen LogP contribution in [0.15, 0.2) is 97.1 Å². The van der Waals surface area contributed by atoms with E-state index in [1.165, 1.54) is 5.56 Å². The molecule has 0 radical (unpaired) electrons. The molecule has 0 unspecified atom stereocenters. The molecule has 3 heteroatoms. The zero-order valence-corrected chi connectivity index (χ0v) is 16.3. The lowest BCUT2D eigenvalue weighted by Crippen LogP contribution is -2.26. The van der Waals surface area contributed by atoms with Crippen LogP contribution >= 0.6 is 0 Å². The Kier molecular flexibility index (Phi) is 6.64. The molecular weight excluding hydrogens is 344 g/mol. The number of benzene rings is 3. The third-order valence-corrected chi connectivity index (χ3v) is 4.69. The standard InChI is InChI=1S/C25H26N2O/c1-19(21-12-6-3-7-13-21)26-24(23-16-10-5-11-17-23)18-25(28)27-20(2)22-14-8-4-9-15-22/h3-20,26H,1-2H3,(H,27,28)/b24-18+/t19-,20+/m0/s1. The van der Waals surface area contributed by atoms with Crippen molar-refractivity contribution < 1.29 is 4.79 Å². The number of hydrogen-bond donors (Lipinski definition) is 2. The van der Waals surface area contributed by atoms with Gasteiger partial charge in [0.05, 0.1) is 6.04 Å². The molecule has 0 saturated carbocycles. The maximum atomic E-state index is 12.7. The van der Waals surface area contributed by atoms with Gasteiger partial charge in [-0.2, -0.15) is 0 Å². The van der Waals surface area contributed by atoms with E-state index in [-0.39, 0.29) is 18.0 Å². The maximum Gasteiger partial charge on any atom is 0.246 e. The lowest BCUT2D eigenvalue weighted by Gasteiger charge is -2.19. The van der Waals surface area contributed by atoms with Gasteiger partial charge in [0.15, 0.2) is 0 Å². The maximum absolute atomic E-state index is 12.7. The van der Waals surface area contributed by atoms with Crippen molar-refractivity contribution >= 4 is 11.6 Å². The molecule has 3 rings (SSSR count). The van der Waals surface area contributed by atoms with Crippen molar-refractivity contribution in [2.75, 3.05) is 0 Å². The van der Waals surface area contributed by atoms with Crippen LogP contribution in [0.25, 0.3) is 5.70 Å². The Balaban J connectivity index is 1.79.